The lowest BCUT2D eigenvalue weighted by atomic mass is 10.1. The Morgan fingerprint density at radius 3 is 2.21 bits per heavy atom. The van der Waals surface area contributed by atoms with Gasteiger partial charge >= 0.3 is 0 Å². The van der Waals surface area contributed by atoms with Crippen molar-refractivity contribution in [3.63, 3.8) is 0 Å². The molecule has 0 atom stereocenters. The molecule has 19 heavy (non-hydrogen) atoms. The van der Waals surface area contributed by atoms with Crippen LogP contribution in [0.5, 0.6) is 0 Å². The Morgan fingerprint density at radius 2 is 1.63 bits per heavy atom. The van der Waals surface area contributed by atoms with Gasteiger partial charge in [-0.25, -0.2) is 9.97 Å². The highest BCUT2D eigenvalue weighted by molar-refractivity contribution is 5.59. The first-order valence-corrected chi connectivity index (χ1v) is 6.66. The number of nitrogens with two attached hydrogens (primary N) is 1. The fraction of sp³-hybridized carbons (Fsp3) is 0.375. The molecule has 0 unspecified atom stereocenters. The van der Waals surface area contributed by atoms with Crippen molar-refractivity contribution in [2.75, 3.05) is 5.73 Å². The third-order valence-electron chi connectivity index (χ3n) is 2.90. The van der Waals surface area contributed by atoms with Crippen LogP contribution in [0.4, 0.5) is 5.82 Å². The standard InChI is InChI=1S/C16H21N3/c1-10(2)5-14-9-15(17)19-16(18-14)13-7-11(3)6-12(4)8-13/h6-10H,5H2,1-4H3,(H2,17,18,19). The van der Waals surface area contributed by atoms with Gasteiger partial charge in [0.2, 0.25) is 0 Å². The second-order valence-electron chi connectivity index (χ2n) is 5.58. The molecule has 2 N–H and O–H groups in total. The molecular weight excluding hydrogens is 234 g/mol. The highest BCUT2D eigenvalue weighted by atomic mass is 14.9. The van der Waals surface area contributed by atoms with Crippen LogP contribution in [0.3, 0.4) is 0 Å². The molecule has 0 saturated carbocycles. The summed E-state index contributed by atoms with van der Waals surface area (Å²) >= 11 is 0. The Labute approximate surface area is 114 Å². The van der Waals surface area contributed by atoms with Gasteiger partial charge in [-0.1, -0.05) is 31.0 Å². The number of hydrogen-bond acceptors (Lipinski definition) is 3. The number of rotatable bonds is 3. The van der Waals surface area contributed by atoms with E-state index in [-0.39, 0.29) is 0 Å². The zero-order valence-electron chi connectivity index (χ0n) is 12.1. The number of aromatic nitrogens is 2. The van der Waals surface area contributed by atoms with Crippen LogP contribution >= 0.6 is 0 Å². The van der Waals surface area contributed by atoms with E-state index in [9.17, 15) is 0 Å². The summed E-state index contributed by atoms with van der Waals surface area (Å²) in [6.07, 6.45) is 0.921. The van der Waals surface area contributed by atoms with Gasteiger partial charge in [0, 0.05) is 17.3 Å². The van der Waals surface area contributed by atoms with E-state index >= 15 is 0 Å². The van der Waals surface area contributed by atoms with Crippen molar-refractivity contribution < 1.29 is 0 Å². The fourth-order valence-corrected chi connectivity index (χ4v) is 2.27. The van der Waals surface area contributed by atoms with Crippen molar-refractivity contribution in [2.24, 2.45) is 5.92 Å². The average Bonchev–Trinajstić information content (AvgIpc) is 2.25. The lowest BCUT2D eigenvalue weighted by Gasteiger charge is -2.09. The largest absolute Gasteiger partial charge is 0.384 e. The predicted molar refractivity (Wildman–Crippen MR) is 79.9 cm³/mol. The summed E-state index contributed by atoms with van der Waals surface area (Å²) in [5, 5.41) is 0. The summed E-state index contributed by atoms with van der Waals surface area (Å²) in [5.74, 6) is 1.82. The molecule has 0 saturated heterocycles. The molecule has 2 rings (SSSR count). The van der Waals surface area contributed by atoms with Gasteiger partial charge in [-0.15, -0.1) is 0 Å². The minimum Gasteiger partial charge on any atom is -0.384 e. The van der Waals surface area contributed by atoms with Crippen LogP contribution in [0, 0.1) is 19.8 Å². The second kappa shape index (κ2) is 5.39. The van der Waals surface area contributed by atoms with Gasteiger partial charge < -0.3 is 5.73 Å². The van der Waals surface area contributed by atoms with Gasteiger partial charge in [0.25, 0.3) is 0 Å². The van der Waals surface area contributed by atoms with Crippen LogP contribution in [0.15, 0.2) is 24.3 Å². The molecule has 0 aliphatic rings. The number of nitrogens with zero attached hydrogens (tertiary/aromatic N) is 2. The number of hydrogen-bond donors (Lipinski definition) is 1. The molecule has 0 radical (unpaired) electrons. The van der Waals surface area contributed by atoms with E-state index in [4.69, 9.17) is 5.73 Å². The third-order valence-corrected chi connectivity index (χ3v) is 2.90. The Morgan fingerprint density at radius 1 is 1.00 bits per heavy atom. The van der Waals surface area contributed by atoms with Gasteiger partial charge in [0.05, 0.1) is 0 Å². The van der Waals surface area contributed by atoms with E-state index in [1.165, 1.54) is 11.1 Å². The molecule has 0 aliphatic carbocycles. The highest BCUT2D eigenvalue weighted by Gasteiger charge is 2.08. The summed E-state index contributed by atoms with van der Waals surface area (Å²) in [5.41, 5.74) is 10.4. The zero-order valence-corrected chi connectivity index (χ0v) is 12.1. The minimum atomic E-state index is 0.541. The maximum absolute atomic E-state index is 5.90. The summed E-state index contributed by atoms with van der Waals surface area (Å²) in [7, 11) is 0. The van der Waals surface area contributed by atoms with E-state index in [2.05, 4.69) is 55.9 Å². The minimum absolute atomic E-state index is 0.541. The number of benzene rings is 1. The van der Waals surface area contributed by atoms with E-state index in [1.54, 1.807) is 0 Å². The van der Waals surface area contributed by atoms with E-state index in [0.29, 0.717) is 11.7 Å². The smallest absolute Gasteiger partial charge is 0.161 e. The first kappa shape index (κ1) is 13.5. The van der Waals surface area contributed by atoms with Crippen LogP contribution in [0.1, 0.15) is 30.7 Å². The van der Waals surface area contributed by atoms with Crippen molar-refractivity contribution in [3.8, 4) is 11.4 Å². The molecule has 1 aromatic carbocycles. The first-order valence-electron chi connectivity index (χ1n) is 6.66. The lowest BCUT2D eigenvalue weighted by Crippen LogP contribution is -2.03. The second-order valence-corrected chi connectivity index (χ2v) is 5.58. The van der Waals surface area contributed by atoms with Crippen LogP contribution in [0.25, 0.3) is 11.4 Å². The molecule has 0 amide bonds. The van der Waals surface area contributed by atoms with Gasteiger partial charge in [-0.2, -0.15) is 0 Å². The van der Waals surface area contributed by atoms with Crippen molar-refractivity contribution in [1.29, 1.82) is 0 Å². The molecule has 0 spiro atoms. The third kappa shape index (κ3) is 3.53. The summed E-state index contributed by atoms with van der Waals surface area (Å²) in [6.45, 7) is 8.51. The van der Waals surface area contributed by atoms with Crippen LogP contribution in [-0.2, 0) is 6.42 Å². The SMILES string of the molecule is Cc1cc(C)cc(-c2nc(N)cc(CC(C)C)n2)c1. The molecule has 0 aliphatic heterocycles. The number of anilines is 1. The fourth-order valence-electron chi connectivity index (χ4n) is 2.27. The highest BCUT2D eigenvalue weighted by Crippen LogP contribution is 2.21. The van der Waals surface area contributed by atoms with Crippen molar-refractivity contribution >= 4 is 5.82 Å². The van der Waals surface area contributed by atoms with Crippen molar-refractivity contribution in [3.05, 3.63) is 41.1 Å². The van der Waals surface area contributed by atoms with Gasteiger partial charge in [-0.05, 0) is 38.3 Å². The van der Waals surface area contributed by atoms with Crippen molar-refractivity contribution in [1.82, 2.24) is 9.97 Å². The lowest BCUT2D eigenvalue weighted by molar-refractivity contribution is 0.635. The topological polar surface area (TPSA) is 51.8 Å². The number of nitrogen functional groups attached to an aromatic ring is 1. The van der Waals surface area contributed by atoms with Gasteiger partial charge in [0.1, 0.15) is 5.82 Å². The Kier molecular flexibility index (Phi) is 3.84. The Balaban J connectivity index is 2.46. The van der Waals surface area contributed by atoms with E-state index in [1.807, 2.05) is 6.07 Å². The maximum Gasteiger partial charge on any atom is 0.161 e. The molecular formula is C16H21N3. The predicted octanol–water partition coefficient (Wildman–Crippen LogP) is 3.54. The normalized spacial score (nSPS) is 11.0. The van der Waals surface area contributed by atoms with Gasteiger partial charge in [0.15, 0.2) is 5.82 Å². The van der Waals surface area contributed by atoms with E-state index < -0.39 is 0 Å². The Hall–Kier alpha value is -1.90. The Bertz CT molecular complexity index is 568. The van der Waals surface area contributed by atoms with Crippen LogP contribution < -0.4 is 5.73 Å². The quantitative estimate of drug-likeness (QED) is 0.912. The molecule has 0 bridgehead atoms. The molecule has 3 nitrogen and oxygen atoms in total. The summed E-state index contributed by atoms with van der Waals surface area (Å²) < 4.78 is 0. The van der Waals surface area contributed by atoms with Crippen molar-refractivity contribution in [2.45, 2.75) is 34.1 Å². The van der Waals surface area contributed by atoms with E-state index in [0.717, 1.165) is 23.5 Å². The monoisotopic (exact) mass is 255 g/mol. The zero-order chi connectivity index (χ0) is 14.0. The molecule has 100 valence electrons. The van der Waals surface area contributed by atoms with Crippen LogP contribution in [-0.4, -0.2) is 9.97 Å². The van der Waals surface area contributed by atoms with Crippen LogP contribution in [0.2, 0.25) is 0 Å². The molecule has 0 fully saturated rings. The summed E-state index contributed by atoms with van der Waals surface area (Å²) in [6, 6.07) is 8.21. The molecule has 1 aromatic heterocycles. The molecule has 3 heteroatoms. The molecule has 2 aromatic rings. The average molecular weight is 255 g/mol. The first-order chi connectivity index (χ1) is 8.94. The summed E-state index contributed by atoms with van der Waals surface area (Å²) in [4.78, 5) is 9.00. The van der Waals surface area contributed by atoms with Gasteiger partial charge in [-0.3, -0.25) is 0 Å². The maximum atomic E-state index is 5.90. The number of aryl methyl sites for hydroxylation is 2. The molecule has 1 heterocycles.